The first-order valence-electron chi connectivity index (χ1n) is 7.15. The summed E-state index contributed by atoms with van der Waals surface area (Å²) in [7, 11) is 0. The molecule has 0 amide bonds. The Morgan fingerprint density at radius 2 is 1.95 bits per heavy atom. The van der Waals surface area contributed by atoms with Gasteiger partial charge in [0.15, 0.2) is 0 Å². The van der Waals surface area contributed by atoms with Crippen molar-refractivity contribution in [2.24, 2.45) is 11.8 Å². The van der Waals surface area contributed by atoms with Gasteiger partial charge < -0.3 is 14.2 Å². The van der Waals surface area contributed by atoms with Crippen LogP contribution in [-0.4, -0.2) is 24.5 Å². The van der Waals surface area contributed by atoms with Crippen molar-refractivity contribution in [1.82, 2.24) is 0 Å². The number of rotatable bonds is 3. The van der Waals surface area contributed by atoms with Crippen LogP contribution in [0.1, 0.15) is 25.8 Å². The molecule has 4 nitrogen and oxygen atoms in total. The number of hydrogen-bond donors (Lipinski definition) is 0. The molecular formula is C16H20O4. The van der Waals surface area contributed by atoms with E-state index < -0.39 is 6.29 Å². The Bertz CT molecular complexity index is 453. The van der Waals surface area contributed by atoms with Crippen molar-refractivity contribution in [2.75, 3.05) is 0 Å². The molecule has 2 fully saturated rings. The smallest absolute Gasteiger partial charge is 0.310 e. The molecule has 2 saturated heterocycles. The van der Waals surface area contributed by atoms with E-state index in [9.17, 15) is 4.79 Å². The molecule has 2 bridgehead atoms. The highest BCUT2D eigenvalue weighted by Crippen LogP contribution is 2.37. The van der Waals surface area contributed by atoms with Crippen LogP contribution in [0.4, 0.5) is 0 Å². The molecular weight excluding hydrogens is 256 g/mol. The van der Waals surface area contributed by atoms with Gasteiger partial charge in [0.05, 0.1) is 25.2 Å². The van der Waals surface area contributed by atoms with E-state index in [1.165, 1.54) is 0 Å². The highest BCUT2D eigenvalue weighted by Gasteiger charge is 2.47. The quantitative estimate of drug-likeness (QED) is 0.796. The van der Waals surface area contributed by atoms with Crippen molar-refractivity contribution in [1.29, 1.82) is 0 Å². The minimum atomic E-state index is -0.460. The SMILES string of the molecule is C[C@@H]1[C@@H]2OC(=O)C[C@@H](O2)[C@@H](C)[C@@H]1OCc1ccccc1. The summed E-state index contributed by atoms with van der Waals surface area (Å²) in [6, 6.07) is 10.1. The highest BCUT2D eigenvalue weighted by molar-refractivity contribution is 5.70. The average molecular weight is 276 g/mol. The first-order valence-corrected chi connectivity index (χ1v) is 7.15. The first kappa shape index (κ1) is 13.6. The molecule has 2 aliphatic rings. The highest BCUT2D eigenvalue weighted by atomic mass is 16.7. The number of carbonyl (C=O) groups excluding carboxylic acids is 1. The van der Waals surface area contributed by atoms with E-state index in [0.29, 0.717) is 13.0 Å². The summed E-state index contributed by atoms with van der Waals surface area (Å²) in [5.74, 6) is 0.0819. The third-order valence-electron chi connectivity index (χ3n) is 4.26. The lowest BCUT2D eigenvalue weighted by molar-refractivity contribution is -0.285. The van der Waals surface area contributed by atoms with Crippen molar-refractivity contribution in [3.05, 3.63) is 35.9 Å². The largest absolute Gasteiger partial charge is 0.435 e. The molecule has 1 aromatic rings. The van der Waals surface area contributed by atoms with Crippen molar-refractivity contribution >= 4 is 5.97 Å². The number of ether oxygens (including phenoxy) is 3. The van der Waals surface area contributed by atoms with Crippen LogP contribution in [0.25, 0.3) is 0 Å². The van der Waals surface area contributed by atoms with E-state index in [2.05, 4.69) is 19.1 Å². The minimum Gasteiger partial charge on any atom is -0.435 e. The van der Waals surface area contributed by atoms with Crippen molar-refractivity contribution in [2.45, 2.75) is 45.4 Å². The van der Waals surface area contributed by atoms with Crippen LogP contribution in [0.3, 0.4) is 0 Å². The number of benzene rings is 1. The maximum absolute atomic E-state index is 11.5. The number of hydrogen-bond acceptors (Lipinski definition) is 4. The number of esters is 1. The molecule has 0 unspecified atom stereocenters. The van der Waals surface area contributed by atoms with Gasteiger partial charge in [-0.15, -0.1) is 0 Å². The summed E-state index contributed by atoms with van der Waals surface area (Å²) in [4.78, 5) is 11.5. The summed E-state index contributed by atoms with van der Waals surface area (Å²) in [6.07, 6.45) is -0.168. The monoisotopic (exact) mass is 276 g/mol. The van der Waals surface area contributed by atoms with Crippen LogP contribution in [0, 0.1) is 11.8 Å². The second-order valence-electron chi connectivity index (χ2n) is 5.72. The lowest BCUT2D eigenvalue weighted by Gasteiger charge is -2.46. The Morgan fingerprint density at radius 1 is 1.20 bits per heavy atom. The van der Waals surface area contributed by atoms with Gasteiger partial charge in [0, 0.05) is 11.8 Å². The summed E-state index contributed by atoms with van der Waals surface area (Å²) >= 11 is 0. The minimum absolute atomic E-state index is 0.0482. The van der Waals surface area contributed by atoms with Gasteiger partial charge in [0.1, 0.15) is 0 Å². The molecule has 3 rings (SSSR count). The van der Waals surface area contributed by atoms with Gasteiger partial charge >= 0.3 is 5.97 Å². The molecule has 0 aromatic heterocycles. The first-order chi connectivity index (χ1) is 9.65. The van der Waals surface area contributed by atoms with Crippen molar-refractivity contribution in [3.8, 4) is 0 Å². The summed E-state index contributed by atoms with van der Waals surface area (Å²) < 4.78 is 17.1. The second kappa shape index (κ2) is 5.54. The van der Waals surface area contributed by atoms with Gasteiger partial charge in [-0.1, -0.05) is 44.2 Å². The number of carbonyl (C=O) groups is 1. The van der Waals surface area contributed by atoms with Crippen LogP contribution < -0.4 is 0 Å². The lowest BCUT2D eigenvalue weighted by atomic mass is 9.83. The van der Waals surface area contributed by atoms with Crippen molar-refractivity contribution in [3.63, 3.8) is 0 Å². The third-order valence-corrected chi connectivity index (χ3v) is 4.26. The fourth-order valence-electron chi connectivity index (χ4n) is 3.05. The zero-order valence-electron chi connectivity index (χ0n) is 11.8. The molecule has 0 N–H and O–H groups in total. The van der Waals surface area contributed by atoms with Gasteiger partial charge in [-0.05, 0) is 5.56 Å². The fourth-order valence-corrected chi connectivity index (χ4v) is 3.05. The van der Waals surface area contributed by atoms with E-state index in [4.69, 9.17) is 14.2 Å². The van der Waals surface area contributed by atoms with Gasteiger partial charge in [-0.2, -0.15) is 0 Å². The average Bonchev–Trinajstić information content (AvgIpc) is 2.46. The maximum Gasteiger partial charge on any atom is 0.310 e. The molecule has 5 atom stereocenters. The Morgan fingerprint density at radius 3 is 2.70 bits per heavy atom. The van der Waals surface area contributed by atoms with Gasteiger partial charge in [-0.3, -0.25) is 4.79 Å². The molecule has 2 aliphatic heterocycles. The van der Waals surface area contributed by atoms with Crippen LogP contribution in [0.2, 0.25) is 0 Å². The molecule has 0 saturated carbocycles. The predicted octanol–water partition coefficient (Wildman–Crippen LogP) is 2.52. The topological polar surface area (TPSA) is 44.8 Å². The molecule has 20 heavy (non-hydrogen) atoms. The molecule has 0 aliphatic carbocycles. The second-order valence-corrected chi connectivity index (χ2v) is 5.72. The van der Waals surface area contributed by atoms with E-state index >= 15 is 0 Å². The van der Waals surface area contributed by atoms with Crippen LogP contribution in [-0.2, 0) is 25.6 Å². The van der Waals surface area contributed by atoms with Crippen LogP contribution in [0.15, 0.2) is 30.3 Å². The molecule has 108 valence electrons. The Hall–Kier alpha value is -1.39. The fraction of sp³-hybridized carbons (Fsp3) is 0.562. The number of fused-ring (bicyclic) bond motifs is 2. The predicted molar refractivity (Wildman–Crippen MR) is 72.7 cm³/mol. The summed E-state index contributed by atoms with van der Waals surface area (Å²) in [5, 5.41) is 0. The zero-order chi connectivity index (χ0) is 14.1. The van der Waals surface area contributed by atoms with E-state index in [0.717, 1.165) is 5.56 Å². The maximum atomic E-state index is 11.5. The zero-order valence-corrected chi connectivity index (χ0v) is 11.8. The Labute approximate surface area is 119 Å². The van der Waals surface area contributed by atoms with Crippen LogP contribution >= 0.6 is 0 Å². The lowest BCUT2D eigenvalue weighted by Crippen LogP contribution is -2.55. The van der Waals surface area contributed by atoms with E-state index in [1.54, 1.807) is 0 Å². The van der Waals surface area contributed by atoms with Crippen LogP contribution in [0.5, 0.6) is 0 Å². The molecule has 2 heterocycles. The van der Waals surface area contributed by atoms with Crippen molar-refractivity contribution < 1.29 is 19.0 Å². The van der Waals surface area contributed by atoms with Gasteiger partial charge in [-0.25, -0.2) is 0 Å². The molecule has 0 radical (unpaired) electrons. The van der Waals surface area contributed by atoms with E-state index in [-0.39, 0.29) is 30.0 Å². The third kappa shape index (κ3) is 2.58. The van der Waals surface area contributed by atoms with Gasteiger partial charge in [0.25, 0.3) is 0 Å². The standard InChI is InChI=1S/C16H20O4/c1-10-13-8-14(17)20-16(19-13)11(2)15(10)18-9-12-6-4-3-5-7-12/h3-7,10-11,13,15-16H,8-9H2,1-2H3/t10-,11+,13-,15+,16+/m1/s1. The van der Waals surface area contributed by atoms with E-state index in [1.807, 2.05) is 25.1 Å². The molecule has 0 spiro atoms. The van der Waals surface area contributed by atoms with Gasteiger partial charge in [0.2, 0.25) is 6.29 Å². The summed E-state index contributed by atoms with van der Waals surface area (Å²) in [5.41, 5.74) is 1.15. The summed E-state index contributed by atoms with van der Waals surface area (Å²) in [6.45, 7) is 4.69. The molecule has 4 heteroatoms. The Kier molecular flexibility index (Phi) is 3.76. The molecule has 1 aromatic carbocycles. The Balaban J connectivity index is 1.68. The normalized spacial score (nSPS) is 36.5.